The van der Waals surface area contributed by atoms with Crippen molar-refractivity contribution in [3.8, 4) is 11.6 Å². The predicted octanol–water partition coefficient (Wildman–Crippen LogP) is 3.88. The number of hydrogen-bond donors (Lipinski definition) is 1. The highest BCUT2D eigenvalue weighted by Crippen LogP contribution is 2.27. The zero-order valence-corrected chi connectivity index (χ0v) is 11.0. The average Bonchev–Trinajstić information content (AvgIpc) is 2.42. The number of para-hydroxylation sites is 1. The maximum absolute atomic E-state index is 13.5. The molecule has 0 saturated heterocycles. The van der Waals surface area contributed by atoms with Crippen LogP contribution in [0.1, 0.15) is 12.5 Å². The molecule has 0 saturated carbocycles. The number of nitrogens with zero attached hydrogens (tertiary/aromatic N) is 2. The lowest BCUT2D eigenvalue weighted by molar-refractivity contribution is 0.395. The Labute approximate surface area is 115 Å². The summed E-state index contributed by atoms with van der Waals surface area (Å²) in [6.07, 6.45) is 3.08. The number of hydrazone groups is 1. The summed E-state index contributed by atoms with van der Waals surface area (Å²) >= 11 is 0. The highest BCUT2D eigenvalue weighted by atomic mass is 19.1. The van der Waals surface area contributed by atoms with Crippen molar-refractivity contribution < 1.29 is 13.5 Å². The lowest BCUT2D eigenvalue weighted by Crippen LogP contribution is -1.97. The first-order valence-corrected chi connectivity index (χ1v) is 5.94. The van der Waals surface area contributed by atoms with E-state index in [-0.39, 0.29) is 5.88 Å². The lowest BCUT2D eigenvalue weighted by Gasteiger charge is -2.09. The number of halogens is 2. The Bertz CT molecular complexity index is 624. The summed E-state index contributed by atoms with van der Waals surface area (Å²) in [5, 5.41) is 3.87. The number of nitrogens with one attached hydrogen (secondary N) is 1. The highest BCUT2D eigenvalue weighted by Gasteiger charge is 2.12. The molecule has 0 fully saturated rings. The Morgan fingerprint density at radius 1 is 1.30 bits per heavy atom. The molecule has 104 valence electrons. The number of anilines is 1. The normalized spacial score (nSPS) is 10.8. The van der Waals surface area contributed by atoms with Crippen LogP contribution in [0, 0.1) is 18.6 Å². The van der Waals surface area contributed by atoms with Crippen molar-refractivity contribution in [2.45, 2.75) is 13.8 Å². The van der Waals surface area contributed by atoms with Crippen LogP contribution in [0.15, 0.2) is 35.6 Å². The van der Waals surface area contributed by atoms with E-state index in [1.54, 1.807) is 26.1 Å². The molecule has 1 aromatic heterocycles. The van der Waals surface area contributed by atoms with Crippen molar-refractivity contribution in [3.05, 3.63) is 47.7 Å². The van der Waals surface area contributed by atoms with Crippen LogP contribution < -0.4 is 10.2 Å². The molecule has 2 aromatic rings. The third-order valence-electron chi connectivity index (χ3n) is 2.53. The molecule has 0 unspecified atom stereocenters. The summed E-state index contributed by atoms with van der Waals surface area (Å²) in [7, 11) is 0. The fourth-order valence-electron chi connectivity index (χ4n) is 1.52. The van der Waals surface area contributed by atoms with Gasteiger partial charge in [-0.15, -0.1) is 0 Å². The van der Waals surface area contributed by atoms with Gasteiger partial charge in [0.05, 0.1) is 11.9 Å². The number of rotatable bonds is 4. The second kappa shape index (κ2) is 6.10. The molecule has 1 heterocycles. The molecule has 4 nitrogen and oxygen atoms in total. The van der Waals surface area contributed by atoms with E-state index in [0.29, 0.717) is 5.69 Å². The van der Waals surface area contributed by atoms with E-state index < -0.39 is 17.4 Å². The molecule has 0 atom stereocenters. The van der Waals surface area contributed by atoms with Crippen molar-refractivity contribution in [1.29, 1.82) is 0 Å². The summed E-state index contributed by atoms with van der Waals surface area (Å²) in [6, 6.07) is 5.08. The third-order valence-corrected chi connectivity index (χ3v) is 2.53. The Balaban J connectivity index is 2.24. The third kappa shape index (κ3) is 3.09. The van der Waals surface area contributed by atoms with Crippen molar-refractivity contribution in [3.63, 3.8) is 0 Å². The fraction of sp³-hybridized carbons (Fsp3) is 0.143. The number of pyridine rings is 1. The molecule has 1 aromatic carbocycles. The van der Waals surface area contributed by atoms with Crippen LogP contribution in [0.25, 0.3) is 0 Å². The number of hydrogen-bond acceptors (Lipinski definition) is 4. The summed E-state index contributed by atoms with van der Waals surface area (Å²) in [4.78, 5) is 3.98. The molecule has 2 rings (SSSR count). The van der Waals surface area contributed by atoms with E-state index in [0.717, 1.165) is 17.7 Å². The Hall–Kier alpha value is -2.50. The van der Waals surface area contributed by atoms with Crippen molar-refractivity contribution >= 4 is 11.9 Å². The molecule has 0 radical (unpaired) electrons. The van der Waals surface area contributed by atoms with E-state index >= 15 is 0 Å². The summed E-state index contributed by atoms with van der Waals surface area (Å²) in [6.45, 7) is 3.58. The van der Waals surface area contributed by atoms with Crippen LogP contribution in [-0.4, -0.2) is 11.2 Å². The molecular weight excluding hydrogens is 264 g/mol. The molecule has 1 N–H and O–H groups in total. The minimum Gasteiger partial charge on any atom is -0.433 e. The van der Waals surface area contributed by atoms with Gasteiger partial charge in [0.2, 0.25) is 11.6 Å². The van der Waals surface area contributed by atoms with Gasteiger partial charge in [0, 0.05) is 12.3 Å². The first-order chi connectivity index (χ1) is 9.61. The lowest BCUT2D eigenvalue weighted by atomic mass is 10.2. The summed E-state index contributed by atoms with van der Waals surface area (Å²) in [5.41, 5.74) is 4.25. The molecule has 0 aliphatic rings. The van der Waals surface area contributed by atoms with Gasteiger partial charge in [0.1, 0.15) is 0 Å². The van der Waals surface area contributed by atoms with Crippen LogP contribution in [-0.2, 0) is 0 Å². The molecule has 6 heteroatoms. The van der Waals surface area contributed by atoms with Crippen LogP contribution in [0.4, 0.5) is 14.5 Å². The number of aromatic nitrogens is 1. The van der Waals surface area contributed by atoms with Gasteiger partial charge in [0.25, 0.3) is 0 Å². The maximum Gasteiger partial charge on any atom is 0.219 e. The van der Waals surface area contributed by atoms with Gasteiger partial charge in [-0.2, -0.15) is 5.10 Å². The molecule has 0 spiro atoms. The van der Waals surface area contributed by atoms with Gasteiger partial charge >= 0.3 is 0 Å². The molecule has 0 aliphatic heterocycles. The van der Waals surface area contributed by atoms with Gasteiger partial charge in [-0.3, -0.25) is 5.43 Å². The number of aryl methyl sites for hydroxylation is 1. The summed E-state index contributed by atoms with van der Waals surface area (Å²) in [5.74, 6) is -1.91. The number of ether oxygens (including phenoxy) is 1. The molecule has 0 aliphatic carbocycles. The van der Waals surface area contributed by atoms with Gasteiger partial charge < -0.3 is 4.74 Å². The topological polar surface area (TPSA) is 46.5 Å². The van der Waals surface area contributed by atoms with Crippen LogP contribution in [0.3, 0.4) is 0 Å². The Kier molecular flexibility index (Phi) is 4.24. The van der Waals surface area contributed by atoms with E-state index in [9.17, 15) is 8.78 Å². The van der Waals surface area contributed by atoms with Gasteiger partial charge in [-0.25, -0.2) is 13.8 Å². The largest absolute Gasteiger partial charge is 0.433 e. The van der Waals surface area contributed by atoms with Crippen molar-refractivity contribution in [1.82, 2.24) is 4.98 Å². The molecule has 20 heavy (non-hydrogen) atoms. The second-order valence-corrected chi connectivity index (χ2v) is 3.99. The first kappa shape index (κ1) is 13.9. The van der Waals surface area contributed by atoms with Crippen LogP contribution >= 0.6 is 0 Å². The van der Waals surface area contributed by atoms with E-state index in [2.05, 4.69) is 15.5 Å². The monoisotopic (exact) mass is 277 g/mol. The molecular formula is C14H13F2N3O. The zero-order chi connectivity index (χ0) is 14.5. The average molecular weight is 277 g/mol. The van der Waals surface area contributed by atoms with Crippen LogP contribution in [0.5, 0.6) is 11.6 Å². The Morgan fingerprint density at radius 2 is 2.00 bits per heavy atom. The molecule has 0 amide bonds. The SMILES string of the molecule is C/C=N\Nc1cnc(Oc2c(F)cccc2F)cc1C. The van der Waals surface area contributed by atoms with Gasteiger partial charge in [-0.1, -0.05) is 6.07 Å². The van der Waals surface area contributed by atoms with Crippen molar-refractivity contribution in [2.24, 2.45) is 5.10 Å². The predicted molar refractivity (Wildman–Crippen MR) is 73.2 cm³/mol. The maximum atomic E-state index is 13.5. The Morgan fingerprint density at radius 3 is 2.60 bits per heavy atom. The smallest absolute Gasteiger partial charge is 0.219 e. The first-order valence-electron chi connectivity index (χ1n) is 5.94. The van der Waals surface area contributed by atoms with Gasteiger partial charge in [-0.05, 0) is 31.5 Å². The van der Waals surface area contributed by atoms with Crippen LogP contribution in [0.2, 0.25) is 0 Å². The van der Waals surface area contributed by atoms with E-state index in [4.69, 9.17) is 4.74 Å². The standard InChI is InChI=1S/C14H13F2N3O/c1-3-18-19-12-8-17-13(7-9(12)2)20-14-10(15)5-4-6-11(14)16/h3-8,19H,1-2H3/b18-3-. The number of benzene rings is 1. The minimum absolute atomic E-state index is 0.109. The fourth-order valence-corrected chi connectivity index (χ4v) is 1.52. The highest BCUT2D eigenvalue weighted by molar-refractivity contribution is 5.57. The van der Waals surface area contributed by atoms with Gasteiger partial charge in [0.15, 0.2) is 11.6 Å². The minimum atomic E-state index is -0.776. The molecule has 0 bridgehead atoms. The summed E-state index contributed by atoms with van der Waals surface area (Å²) < 4.78 is 32.1. The second-order valence-electron chi connectivity index (χ2n) is 3.99. The van der Waals surface area contributed by atoms with E-state index in [1.807, 2.05) is 0 Å². The van der Waals surface area contributed by atoms with Crippen molar-refractivity contribution in [2.75, 3.05) is 5.43 Å². The zero-order valence-electron chi connectivity index (χ0n) is 11.0. The quantitative estimate of drug-likeness (QED) is 0.681. The van der Waals surface area contributed by atoms with E-state index in [1.165, 1.54) is 12.3 Å².